The summed E-state index contributed by atoms with van der Waals surface area (Å²) < 4.78 is 1.82. The molecule has 3 aromatic rings. The first-order valence-electron chi connectivity index (χ1n) is 8.50. The van der Waals surface area contributed by atoms with E-state index in [4.69, 9.17) is 5.10 Å². The smallest absolute Gasteiger partial charge is 0.239 e. The number of aromatic nitrogens is 2. The zero-order valence-corrected chi connectivity index (χ0v) is 15.4. The van der Waals surface area contributed by atoms with E-state index in [0.717, 1.165) is 22.5 Å². The number of carbonyl (C=O) groups excluding carboxylic acids is 1. The molecule has 27 heavy (non-hydrogen) atoms. The lowest BCUT2D eigenvalue weighted by Crippen LogP contribution is -2.23. The summed E-state index contributed by atoms with van der Waals surface area (Å²) in [5, 5.41) is 16.1. The summed E-state index contributed by atoms with van der Waals surface area (Å²) in [6.07, 6.45) is 3.59. The van der Waals surface area contributed by atoms with Crippen LogP contribution < -0.4 is 5.32 Å². The maximum atomic E-state index is 11.5. The van der Waals surface area contributed by atoms with Crippen molar-refractivity contribution < 1.29 is 4.79 Å². The highest BCUT2D eigenvalue weighted by molar-refractivity contribution is 8.15. The molecule has 0 radical (unpaired) electrons. The molecule has 1 atom stereocenters. The summed E-state index contributed by atoms with van der Waals surface area (Å²) in [6, 6.07) is 19.8. The normalized spacial score (nSPS) is 18.3. The van der Waals surface area contributed by atoms with Crippen LogP contribution >= 0.6 is 11.8 Å². The fraction of sp³-hybridized carbons (Fsp3) is 0.100. The quantitative estimate of drug-likeness (QED) is 0.560. The molecule has 1 aromatic heterocycles. The molecule has 134 valence electrons. The van der Waals surface area contributed by atoms with Gasteiger partial charge in [-0.3, -0.25) is 4.79 Å². The Morgan fingerprint density at radius 1 is 1.11 bits per heavy atom. The van der Waals surface area contributed by atoms with Crippen LogP contribution in [0.25, 0.3) is 16.9 Å². The highest BCUT2D eigenvalue weighted by Gasteiger charge is 2.25. The van der Waals surface area contributed by atoms with E-state index in [-0.39, 0.29) is 11.2 Å². The molecule has 1 fully saturated rings. The van der Waals surface area contributed by atoms with Gasteiger partial charge < -0.3 is 5.32 Å². The summed E-state index contributed by atoms with van der Waals surface area (Å²) in [7, 11) is 0. The summed E-state index contributed by atoms with van der Waals surface area (Å²) in [4.78, 5) is 11.5. The maximum Gasteiger partial charge on any atom is 0.239 e. The van der Waals surface area contributed by atoms with E-state index in [2.05, 4.69) is 15.5 Å². The lowest BCUT2D eigenvalue weighted by atomic mass is 10.1. The van der Waals surface area contributed by atoms with E-state index in [1.54, 1.807) is 6.21 Å². The zero-order valence-electron chi connectivity index (χ0n) is 14.6. The molecule has 2 heterocycles. The van der Waals surface area contributed by atoms with Crippen molar-refractivity contribution >= 4 is 29.1 Å². The standard InChI is InChI=1S/C20H17N5OS/c1-14-19(26)22-20(27-14)23-21-12-16-13-25(17-10-6-3-7-11-17)24-18(16)15-8-4-2-5-9-15/h2-14H,1H3,(H,22,23,26)/b21-12+. The first-order chi connectivity index (χ1) is 13.2. The minimum atomic E-state index is -0.139. The first kappa shape index (κ1) is 17.2. The van der Waals surface area contributed by atoms with Crippen LogP contribution in [-0.2, 0) is 4.79 Å². The molecule has 1 aliphatic rings. The van der Waals surface area contributed by atoms with Crippen molar-refractivity contribution in [3.05, 3.63) is 72.4 Å². The van der Waals surface area contributed by atoms with Crippen LogP contribution in [0.15, 0.2) is 77.1 Å². The van der Waals surface area contributed by atoms with E-state index < -0.39 is 0 Å². The van der Waals surface area contributed by atoms with Crippen LogP contribution in [0.4, 0.5) is 0 Å². The molecule has 1 aliphatic heterocycles. The van der Waals surface area contributed by atoms with Gasteiger partial charge in [-0.05, 0) is 19.1 Å². The van der Waals surface area contributed by atoms with Gasteiger partial charge in [-0.25, -0.2) is 4.68 Å². The predicted octanol–water partition coefficient (Wildman–Crippen LogP) is 3.48. The number of para-hydroxylation sites is 1. The van der Waals surface area contributed by atoms with Gasteiger partial charge in [0.2, 0.25) is 5.91 Å². The molecule has 0 aliphatic carbocycles. The van der Waals surface area contributed by atoms with Crippen LogP contribution in [0.3, 0.4) is 0 Å². The monoisotopic (exact) mass is 375 g/mol. The Balaban J connectivity index is 1.68. The van der Waals surface area contributed by atoms with Crippen molar-refractivity contribution in [2.45, 2.75) is 12.2 Å². The van der Waals surface area contributed by atoms with Crippen molar-refractivity contribution in [3.8, 4) is 16.9 Å². The number of nitrogens with one attached hydrogen (secondary N) is 1. The van der Waals surface area contributed by atoms with Gasteiger partial charge in [0.1, 0.15) is 5.69 Å². The van der Waals surface area contributed by atoms with Crippen molar-refractivity contribution in [2.75, 3.05) is 0 Å². The number of nitrogens with zero attached hydrogens (tertiary/aromatic N) is 4. The second-order valence-electron chi connectivity index (χ2n) is 5.98. The summed E-state index contributed by atoms with van der Waals surface area (Å²) in [5.74, 6) is -0.0455. The van der Waals surface area contributed by atoms with Gasteiger partial charge in [0.25, 0.3) is 0 Å². The van der Waals surface area contributed by atoms with Crippen molar-refractivity contribution in [1.82, 2.24) is 15.1 Å². The topological polar surface area (TPSA) is 71.6 Å². The molecule has 2 aromatic carbocycles. The van der Waals surface area contributed by atoms with Gasteiger partial charge in [0.15, 0.2) is 5.17 Å². The Hall–Kier alpha value is -3.19. The largest absolute Gasteiger partial charge is 0.303 e. The van der Waals surface area contributed by atoms with Gasteiger partial charge in [0, 0.05) is 17.3 Å². The molecule has 1 unspecified atom stereocenters. The van der Waals surface area contributed by atoms with Gasteiger partial charge in [-0.15, -0.1) is 5.10 Å². The van der Waals surface area contributed by atoms with E-state index in [9.17, 15) is 4.79 Å². The zero-order chi connectivity index (χ0) is 18.6. The molecule has 1 N–H and O–H groups in total. The number of hydrogen-bond donors (Lipinski definition) is 1. The summed E-state index contributed by atoms with van der Waals surface area (Å²) in [6.45, 7) is 1.84. The van der Waals surface area contributed by atoms with E-state index in [0.29, 0.717) is 5.17 Å². The number of amides is 1. The van der Waals surface area contributed by atoms with Gasteiger partial charge in [-0.2, -0.15) is 10.2 Å². The number of rotatable bonds is 4. The third-order valence-electron chi connectivity index (χ3n) is 4.04. The van der Waals surface area contributed by atoms with Crippen molar-refractivity contribution in [2.24, 2.45) is 10.2 Å². The van der Waals surface area contributed by atoms with Crippen molar-refractivity contribution in [1.29, 1.82) is 0 Å². The highest BCUT2D eigenvalue weighted by Crippen LogP contribution is 2.23. The third-order valence-corrected chi connectivity index (χ3v) is 5.02. The average molecular weight is 375 g/mol. The number of benzene rings is 2. The molecule has 0 saturated carbocycles. The Morgan fingerprint density at radius 2 is 1.81 bits per heavy atom. The number of thioether (sulfide) groups is 1. The highest BCUT2D eigenvalue weighted by atomic mass is 32.2. The van der Waals surface area contributed by atoms with E-state index in [1.165, 1.54) is 11.8 Å². The van der Waals surface area contributed by atoms with Crippen LogP contribution in [0.2, 0.25) is 0 Å². The Kier molecular flexibility index (Phi) is 4.84. The lowest BCUT2D eigenvalue weighted by Gasteiger charge is -2.00. The molecule has 1 saturated heterocycles. The van der Waals surface area contributed by atoms with E-state index >= 15 is 0 Å². The SMILES string of the molecule is CC1S/C(=N/N=C/c2cn(-c3ccccc3)nc2-c2ccccc2)NC1=O. The molecule has 0 spiro atoms. The second-order valence-corrected chi connectivity index (χ2v) is 7.31. The van der Waals surface area contributed by atoms with Gasteiger partial charge in [0.05, 0.1) is 17.2 Å². The van der Waals surface area contributed by atoms with Crippen molar-refractivity contribution in [3.63, 3.8) is 0 Å². The Morgan fingerprint density at radius 3 is 2.48 bits per heavy atom. The predicted molar refractivity (Wildman–Crippen MR) is 109 cm³/mol. The van der Waals surface area contributed by atoms with Gasteiger partial charge >= 0.3 is 0 Å². The molecule has 4 rings (SSSR count). The maximum absolute atomic E-state index is 11.5. The molecule has 7 heteroatoms. The number of amidine groups is 1. The van der Waals surface area contributed by atoms with Crippen LogP contribution in [-0.4, -0.2) is 32.3 Å². The number of carbonyl (C=O) groups is 1. The second kappa shape index (κ2) is 7.59. The fourth-order valence-corrected chi connectivity index (χ4v) is 3.42. The molecular weight excluding hydrogens is 358 g/mol. The van der Waals surface area contributed by atoms with E-state index in [1.807, 2.05) is 78.5 Å². The summed E-state index contributed by atoms with van der Waals surface area (Å²) in [5.41, 5.74) is 3.63. The summed E-state index contributed by atoms with van der Waals surface area (Å²) >= 11 is 1.37. The lowest BCUT2D eigenvalue weighted by molar-refractivity contribution is -0.118. The molecular formula is C20H17N5OS. The van der Waals surface area contributed by atoms with Gasteiger partial charge in [-0.1, -0.05) is 60.3 Å². The molecule has 0 bridgehead atoms. The first-order valence-corrected chi connectivity index (χ1v) is 9.38. The Labute approximate surface area is 161 Å². The van der Waals surface area contributed by atoms with Crippen LogP contribution in [0.1, 0.15) is 12.5 Å². The minimum absolute atomic E-state index is 0.0455. The van der Waals surface area contributed by atoms with Crippen LogP contribution in [0, 0.1) is 0 Å². The third kappa shape index (κ3) is 3.83. The van der Waals surface area contributed by atoms with Crippen LogP contribution in [0.5, 0.6) is 0 Å². The minimum Gasteiger partial charge on any atom is -0.303 e. The average Bonchev–Trinajstić information content (AvgIpc) is 3.27. The number of hydrogen-bond acceptors (Lipinski definition) is 5. The Bertz CT molecular complexity index is 1010. The molecule has 6 nitrogen and oxygen atoms in total. The fourth-order valence-electron chi connectivity index (χ4n) is 2.66. The molecule has 1 amide bonds.